The Bertz CT molecular complexity index is 387. The van der Waals surface area contributed by atoms with E-state index in [9.17, 15) is 0 Å². The van der Waals surface area contributed by atoms with Crippen molar-refractivity contribution in [2.24, 2.45) is 0 Å². The summed E-state index contributed by atoms with van der Waals surface area (Å²) in [6.07, 6.45) is 1.30. The van der Waals surface area contributed by atoms with Gasteiger partial charge in [-0.3, -0.25) is 0 Å². The van der Waals surface area contributed by atoms with Crippen LogP contribution in [0.2, 0.25) is 0 Å². The minimum Gasteiger partial charge on any atom is -0.492 e. The number of hydrogen-bond donors (Lipinski definition) is 1. The van der Waals surface area contributed by atoms with Gasteiger partial charge in [0.2, 0.25) is 0 Å². The summed E-state index contributed by atoms with van der Waals surface area (Å²) in [7, 11) is 0. The summed E-state index contributed by atoms with van der Waals surface area (Å²) in [4.78, 5) is 0. The van der Waals surface area contributed by atoms with Gasteiger partial charge in [-0.15, -0.1) is 0 Å². The molecule has 17 heavy (non-hydrogen) atoms. The van der Waals surface area contributed by atoms with E-state index in [0.29, 0.717) is 13.0 Å². The number of rotatable bonds is 7. The minimum absolute atomic E-state index is 0.538. The van der Waals surface area contributed by atoms with Crippen LogP contribution in [0.3, 0.4) is 0 Å². The Balaban J connectivity index is 2.48. The Kier molecular flexibility index (Phi) is 6.68. The molecule has 0 aliphatic rings. The van der Waals surface area contributed by atoms with Gasteiger partial charge in [-0.05, 0) is 46.6 Å². The zero-order chi connectivity index (χ0) is 12.5. The van der Waals surface area contributed by atoms with Crippen LogP contribution < -0.4 is 10.1 Å². The molecule has 0 atom stereocenters. The van der Waals surface area contributed by atoms with Gasteiger partial charge in [0.15, 0.2) is 0 Å². The number of nitrogens with one attached hydrogen (secondary N) is 1. The van der Waals surface area contributed by atoms with Gasteiger partial charge in [-0.1, -0.05) is 13.0 Å². The highest BCUT2D eigenvalue weighted by atomic mass is 79.9. The fourth-order valence-corrected chi connectivity index (χ4v) is 1.91. The molecule has 1 rings (SSSR count). The Morgan fingerprint density at radius 2 is 2.29 bits per heavy atom. The second kappa shape index (κ2) is 8.10. The van der Waals surface area contributed by atoms with Crippen LogP contribution in [0.15, 0.2) is 22.7 Å². The zero-order valence-corrected chi connectivity index (χ0v) is 11.6. The van der Waals surface area contributed by atoms with Crippen LogP contribution in [-0.4, -0.2) is 13.2 Å². The number of unbranched alkanes of at least 4 members (excludes halogenated alkanes) is 1. The topological polar surface area (TPSA) is 45.0 Å². The molecule has 0 unspecified atom stereocenters. The summed E-state index contributed by atoms with van der Waals surface area (Å²) in [5.41, 5.74) is 1.23. The Morgan fingerprint density at radius 1 is 1.47 bits per heavy atom. The standard InChI is InChI=1S/C13H17BrN2O/c1-2-16-10-11-5-6-13(12(14)9-11)17-8-4-3-7-15/h5-6,9,16H,2-4,8,10H2,1H3. The number of nitrogens with zero attached hydrogens (tertiary/aromatic N) is 1. The maximum atomic E-state index is 8.42. The van der Waals surface area contributed by atoms with Crippen molar-refractivity contribution in [1.29, 1.82) is 5.26 Å². The van der Waals surface area contributed by atoms with Crippen molar-refractivity contribution < 1.29 is 4.74 Å². The molecule has 0 heterocycles. The van der Waals surface area contributed by atoms with Gasteiger partial charge in [-0.25, -0.2) is 0 Å². The van der Waals surface area contributed by atoms with E-state index in [2.05, 4.69) is 40.3 Å². The van der Waals surface area contributed by atoms with E-state index in [1.165, 1.54) is 5.56 Å². The molecule has 1 aromatic rings. The monoisotopic (exact) mass is 296 g/mol. The first-order valence-electron chi connectivity index (χ1n) is 5.76. The summed E-state index contributed by atoms with van der Waals surface area (Å²) in [6, 6.07) is 8.17. The SMILES string of the molecule is CCNCc1ccc(OCCCC#N)c(Br)c1. The summed E-state index contributed by atoms with van der Waals surface area (Å²) >= 11 is 3.49. The fraction of sp³-hybridized carbons (Fsp3) is 0.462. The highest BCUT2D eigenvalue weighted by Gasteiger charge is 2.02. The first-order valence-corrected chi connectivity index (χ1v) is 6.56. The molecule has 3 nitrogen and oxygen atoms in total. The normalized spacial score (nSPS) is 9.94. The van der Waals surface area contributed by atoms with Gasteiger partial charge in [-0.2, -0.15) is 5.26 Å². The number of nitriles is 1. The minimum atomic E-state index is 0.538. The van der Waals surface area contributed by atoms with Gasteiger partial charge < -0.3 is 10.1 Å². The van der Waals surface area contributed by atoms with E-state index in [4.69, 9.17) is 10.00 Å². The molecule has 0 fully saturated rings. The Morgan fingerprint density at radius 3 is 2.94 bits per heavy atom. The van der Waals surface area contributed by atoms with Gasteiger partial charge in [0.1, 0.15) is 5.75 Å². The maximum absolute atomic E-state index is 8.42. The van der Waals surface area contributed by atoms with E-state index in [1.54, 1.807) is 0 Å². The number of hydrogen-bond acceptors (Lipinski definition) is 3. The highest BCUT2D eigenvalue weighted by molar-refractivity contribution is 9.10. The van der Waals surface area contributed by atoms with Crippen LogP contribution in [0.4, 0.5) is 0 Å². The van der Waals surface area contributed by atoms with E-state index in [0.717, 1.165) is 29.7 Å². The average Bonchev–Trinajstić information content (AvgIpc) is 2.34. The lowest BCUT2D eigenvalue weighted by molar-refractivity contribution is 0.310. The van der Waals surface area contributed by atoms with E-state index in [1.807, 2.05) is 12.1 Å². The summed E-state index contributed by atoms with van der Waals surface area (Å²) in [6.45, 7) is 4.49. The van der Waals surface area contributed by atoms with Crippen LogP contribution >= 0.6 is 15.9 Å². The van der Waals surface area contributed by atoms with Crippen LogP contribution in [0.5, 0.6) is 5.75 Å². The molecule has 0 aromatic heterocycles. The third kappa shape index (κ3) is 5.20. The molecule has 0 aliphatic heterocycles. The predicted molar refractivity (Wildman–Crippen MR) is 71.9 cm³/mol. The lowest BCUT2D eigenvalue weighted by atomic mass is 10.2. The first kappa shape index (κ1) is 14.0. The van der Waals surface area contributed by atoms with E-state index >= 15 is 0 Å². The lowest BCUT2D eigenvalue weighted by Gasteiger charge is -2.09. The van der Waals surface area contributed by atoms with Crippen molar-refractivity contribution in [1.82, 2.24) is 5.32 Å². The van der Waals surface area contributed by atoms with Crippen LogP contribution in [0.1, 0.15) is 25.3 Å². The molecule has 1 aromatic carbocycles. The van der Waals surface area contributed by atoms with Crippen LogP contribution in [0.25, 0.3) is 0 Å². The predicted octanol–water partition coefficient (Wildman–Crippen LogP) is 3.24. The van der Waals surface area contributed by atoms with Crippen LogP contribution in [-0.2, 0) is 6.54 Å². The molecule has 0 bridgehead atoms. The number of benzene rings is 1. The van der Waals surface area contributed by atoms with Gasteiger partial charge in [0, 0.05) is 13.0 Å². The molecule has 0 saturated carbocycles. The first-order chi connectivity index (χ1) is 8.27. The van der Waals surface area contributed by atoms with Crippen molar-refractivity contribution in [2.75, 3.05) is 13.2 Å². The summed E-state index contributed by atoms with van der Waals surface area (Å²) in [5.74, 6) is 0.836. The second-order valence-electron chi connectivity index (χ2n) is 3.66. The molecule has 92 valence electrons. The lowest BCUT2D eigenvalue weighted by Crippen LogP contribution is -2.11. The molecular weight excluding hydrogens is 280 g/mol. The van der Waals surface area contributed by atoms with E-state index < -0.39 is 0 Å². The maximum Gasteiger partial charge on any atom is 0.133 e. The molecular formula is C13H17BrN2O. The highest BCUT2D eigenvalue weighted by Crippen LogP contribution is 2.26. The molecule has 4 heteroatoms. The van der Waals surface area contributed by atoms with Crippen LogP contribution in [0, 0.1) is 11.3 Å². The van der Waals surface area contributed by atoms with Crippen molar-refractivity contribution in [3.8, 4) is 11.8 Å². The van der Waals surface area contributed by atoms with Crippen molar-refractivity contribution in [2.45, 2.75) is 26.3 Å². The number of ether oxygens (including phenoxy) is 1. The Labute approximate surface area is 111 Å². The fourth-order valence-electron chi connectivity index (χ4n) is 1.37. The quantitative estimate of drug-likeness (QED) is 0.786. The van der Waals surface area contributed by atoms with Gasteiger partial charge >= 0.3 is 0 Å². The third-order valence-electron chi connectivity index (χ3n) is 2.27. The molecule has 0 aliphatic carbocycles. The second-order valence-corrected chi connectivity index (χ2v) is 4.51. The van der Waals surface area contributed by atoms with Crippen molar-refractivity contribution in [3.63, 3.8) is 0 Å². The molecule has 1 N–H and O–H groups in total. The average molecular weight is 297 g/mol. The molecule has 0 amide bonds. The van der Waals surface area contributed by atoms with Gasteiger partial charge in [0.25, 0.3) is 0 Å². The number of halogens is 1. The van der Waals surface area contributed by atoms with Gasteiger partial charge in [0.05, 0.1) is 17.1 Å². The summed E-state index contributed by atoms with van der Waals surface area (Å²) in [5, 5.41) is 11.7. The molecule has 0 saturated heterocycles. The largest absolute Gasteiger partial charge is 0.492 e. The third-order valence-corrected chi connectivity index (χ3v) is 2.89. The Hall–Kier alpha value is -1.05. The summed E-state index contributed by atoms with van der Waals surface area (Å²) < 4.78 is 6.54. The van der Waals surface area contributed by atoms with E-state index in [-0.39, 0.29) is 0 Å². The van der Waals surface area contributed by atoms with Crippen molar-refractivity contribution in [3.05, 3.63) is 28.2 Å². The molecule has 0 radical (unpaired) electrons. The van der Waals surface area contributed by atoms with Crippen molar-refractivity contribution >= 4 is 15.9 Å². The molecule has 0 spiro atoms. The zero-order valence-electron chi connectivity index (χ0n) is 10.0. The smallest absolute Gasteiger partial charge is 0.133 e.